The molecule has 1 heterocycles. The van der Waals surface area contributed by atoms with Gasteiger partial charge in [0, 0.05) is 18.7 Å². The van der Waals surface area contributed by atoms with E-state index in [0.717, 1.165) is 18.5 Å². The first-order valence-corrected chi connectivity index (χ1v) is 6.60. The predicted octanol–water partition coefficient (Wildman–Crippen LogP) is 2.83. The first kappa shape index (κ1) is 13.4. The fraction of sp³-hybridized carbons (Fsp3) is 0.375. The number of hydrogen-bond acceptors (Lipinski definition) is 2. The Morgan fingerprint density at radius 3 is 2.89 bits per heavy atom. The molecule has 3 nitrogen and oxygen atoms in total. The van der Waals surface area contributed by atoms with Gasteiger partial charge in [0.15, 0.2) is 0 Å². The van der Waals surface area contributed by atoms with Gasteiger partial charge in [-0.25, -0.2) is 0 Å². The van der Waals surface area contributed by atoms with Crippen LogP contribution in [0.4, 0.5) is 0 Å². The summed E-state index contributed by atoms with van der Waals surface area (Å²) >= 11 is 0. The van der Waals surface area contributed by atoms with Crippen molar-refractivity contribution in [1.82, 2.24) is 4.90 Å². The summed E-state index contributed by atoms with van der Waals surface area (Å²) in [5.74, 6) is 0.624. The number of carbonyl (C=O) groups excluding carboxylic acids is 1. The molecule has 3 heteroatoms. The summed E-state index contributed by atoms with van der Waals surface area (Å²) in [6.45, 7) is 5.11. The highest BCUT2D eigenvalue weighted by Crippen LogP contribution is 2.23. The normalized spacial score (nSPS) is 22.7. The van der Waals surface area contributed by atoms with E-state index in [4.69, 9.17) is 5.26 Å². The maximum Gasteiger partial charge on any atom is 0.246 e. The second-order valence-electron chi connectivity index (χ2n) is 5.11. The van der Waals surface area contributed by atoms with Crippen LogP contribution in [0.1, 0.15) is 31.4 Å². The SMILES string of the molecule is CC1CCN(C(=O)/C=C/c2cccc(C#N)c2)C1C. The van der Waals surface area contributed by atoms with Crippen molar-refractivity contribution in [2.75, 3.05) is 6.54 Å². The average Bonchev–Trinajstić information content (AvgIpc) is 2.77. The van der Waals surface area contributed by atoms with Gasteiger partial charge in [-0.15, -0.1) is 0 Å². The van der Waals surface area contributed by atoms with Gasteiger partial charge >= 0.3 is 0 Å². The van der Waals surface area contributed by atoms with E-state index < -0.39 is 0 Å². The van der Waals surface area contributed by atoms with Gasteiger partial charge in [-0.1, -0.05) is 19.1 Å². The summed E-state index contributed by atoms with van der Waals surface area (Å²) in [7, 11) is 0. The van der Waals surface area contributed by atoms with Crippen molar-refractivity contribution in [3.63, 3.8) is 0 Å². The topological polar surface area (TPSA) is 44.1 Å². The number of rotatable bonds is 2. The van der Waals surface area contributed by atoms with Crippen LogP contribution in [0.3, 0.4) is 0 Å². The quantitative estimate of drug-likeness (QED) is 0.762. The van der Waals surface area contributed by atoms with Gasteiger partial charge in [-0.2, -0.15) is 5.26 Å². The van der Waals surface area contributed by atoms with Crippen LogP contribution in [0, 0.1) is 17.2 Å². The van der Waals surface area contributed by atoms with Crippen LogP contribution in [-0.4, -0.2) is 23.4 Å². The monoisotopic (exact) mass is 254 g/mol. The lowest BCUT2D eigenvalue weighted by Crippen LogP contribution is -2.34. The van der Waals surface area contributed by atoms with Crippen LogP contribution < -0.4 is 0 Å². The molecule has 0 saturated carbocycles. The van der Waals surface area contributed by atoms with E-state index in [2.05, 4.69) is 19.9 Å². The van der Waals surface area contributed by atoms with Crippen molar-refractivity contribution in [2.45, 2.75) is 26.3 Å². The Bertz CT molecular complexity index is 542. The van der Waals surface area contributed by atoms with Gasteiger partial charge in [-0.05, 0) is 43.0 Å². The summed E-state index contributed by atoms with van der Waals surface area (Å²) in [6.07, 6.45) is 4.45. The van der Waals surface area contributed by atoms with Gasteiger partial charge in [0.05, 0.1) is 11.6 Å². The van der Waals surface area contributed by atoms with E-state index in [0.29, 0.717) is 17.5 Å². The first-order chi connectivity index (χ1) is 9.11. The molecule has 0 aromatic heterocycles. The molecule has 2 unspecified atom stereocenters. The van der Waals surface area contributed by atoms with Crippen LogP contribution in [-0.2, 0) is 4.79 Å². The van der Waals surface area contributed by atoms with E-state index in [1.54, 1.807) is 24.3 Å². The molecule has 98 valence electrons. The maximum atomic E-state index is 12.1. The maximum absolute atomic E-state index is 12.1. The molecule has 1 aromatic rings. The lowest BCUT2D eigenvalue weighted by molar-refractivity contribution is -0.126. The molecule has 0 spiro atoms. The summed E-state index contributed by atoms with van der Waals surface area (Å²) in [6, 6.07) is 9.64. The van der Waals surface area contributed by atoms with Crippen molar-refractivity contribution < 1.29 is 4.79 Å². The van der Waals surface area contributed by atoms with Crippen LogP contribution in [0.2, 0.25) is 0 Å². The predicted molar refractivity (Wildman–Crippen MR) is 75.1 cm³/mol. The number of nitriles is 1. The third-order valence-electron chi connectivity index (χ3n) is 3.86. The number of hydrogen-bond donors (Lipinski definition) is 0. The average molecular weight is 254 g/mol. The molecule has 0 radical (unpaired) electrons. The molecule has 1 aliphatic heterocycles. The fourth-order valence-corrected chi connectivity index (χ4v) is 2.38. The van der Waals surface area contributed by atoms with Gasteiger partial charge < -0.3 is 4.90 Å². The molecular weight excluding hydrogens is 236 g/mol. The van der Waals surface area contributed by atoms with Crippen LogP contribution in [0.15, 0.2) is 30.3 Å². The lowest BCUT2D eigenvalue weighted by Gasteiger charge is -2.21. The molecule has 1 amide bonds. The Labute approximate surface area is 114 Å². The standard InChI is InChI=1S/C16H18N2O/c1-12-8-9-18(13(12)2)16(19)7-6-14-4-3-5-15(10-14)11-17/h3-7,10,12-13H,8-9H2,1-2H3/b7-6+. The molecule has 2 atom stereocenters. The molecule has 0 N–H and O–H groups in total. The first-order valence-electron chi connectivity index (χ1n) is 6.60. The molecule has 2 rings (SSSR count). The second-order valence-corrected chi connectivity index (χ2v) is 5.11. The molecule has 1 fully saturated rings. The third kappa shape index (κ3) is 3.03. The smallest absolute Gasteiger partial charge is 0.246 e. The highest BCUT2D eigenvalue weighted by molar-refractivity contribution is 5.92. The van der Waals surface area contributed by atoms with Crippen molar-refractivity contribution in [2.24, 2.45) is 5.92 Å². The van der Waals surface area contributed by atoms with Crippen LogP contribution >= 0.6 is 0 Å². The van der Waals surface area contributed by atoms with Crippen molar-refractivity contribution in [1.29, 1.82) is 5.26 Å². The Morgan fingerprint density at radius 2 is 2.26 bits per heavy atom. The zero-order valence-corrected chi connectivity index (χ0v) is 11.3. The molecule has 0 aliphatic carbocycles. The summed E-state index contributed by atoms with van der Waals surface area (Å²) in [4.78, 5) is 14.0. The lowest BCUT2D eigenvalue weighted by atomic mass is 10.1. The largest absolute Gasteiger partial charge is 0.336 e. The Hall–Kier alpha value is -2.08. The van der Waals surface area contributed by atoms with E-state index in [-0.39, 0.29) is 5.91 Å². The number of nitrogens with zero attached hydrogens (tertiary/aromatic N) is 2. The molecule has 1 aromatic carbocycles. The van der Waals surface area contributed by atoms with E-state index in [1.807, 2.05) is 17.0 Å². The molecule has 1 aliphatic rings. The molecular formula is C16H18N2O. The number of amides is 1. The fourth-order valence-electron chi connectivity index (χ4n) is 2.38. The number of likely N-dealkylation sites (tertiary alicyclic amines) is 1. The minimum atomic E-state index is 0.0548. The molecule has 19 heavy (non-hydrogen) atoms. The number of carbonyl (C=O) groups is 1. The van der Waals surface area contributed by atoms with Crippen molar-refractivity contribution in [3.05, 3.63) is 41.5 Å². The van der Waals surface area contributed by atoms with Gasteiger partial charge in [0.2, 0.25) is 5.91 Å². The number of benzene rings is 1. The third-order valence-corrected chi connectivity index (χ3v) is 3.86. The minimum Gasteiger partial charge on any atom is -0.336 e. The van der Waals surface area contributed by atoms with Gasteiger partial charge in [-0.3, -0.25) is 4.79 Å². The Morgan fingerprint density at radius 1 is 1.47 bits per heavy atom. The minimum absolute atomic E-state index is 0.0548. The van der Waals surface area contributed by atoms with E-state index >= 15 is 0 Å². The van der Waals surface area contributed by atoms with Crippen molar-refractivity contribution in [3.8, 4) is 6.07 Å². The molecule has 0 bridgehead atoms. The zero-order chi connectivity index (χ0) is 13.8. The van der Waals surface area contributed by atoms with Gasteiger partial charge in [0.25, 0.3) is 0 Å². The highest BCUT2D eigenvalue weighted by Gasteiger charge is 2.29. The van der Waals surface area contributed by atoms with Crippen LogP contribution in [0.25, 0.3) is 6.08 Å². The summed E-state index contributed by atoms with van der Waals surface area (Å²) in [5, 5.41) is 8.83. The highest BCUT2D eigenvalue weighted by atomic mass is 16.2. The van der Waals surface area contributed by atoms with Crippen LogP contribution in [0.5, 0.6) is 0 Å². The van der Waals surface area contributed by atoms with E-state index in [1.165, 1.54) is 0 Å². The Balaban J connectivity index is 2.06. The Kier molecular flexibility index (Phi) is 4.01. The summed E-state index contributed by atoms with van der Waals surface area (Å²) < 4.78 is 0. The van der Waals surface area contributed by atoms with Gasteiger partial charge in [0.1, 0.15) is 0 Å². The van der Waals surface area contributed by atoms with E-state index in [9.17, 15) is 4.79 Å². The zero-order valence-electron chi connectivity index (χ0n) is 11.3. The summed E-state index contributed by atoms with van der Waals surface area (Å²) in [5.41, 5.74) is 1.49. The van der Waals surface area contributed by atoms with Crippen molar-refractivity contribution >= 4 is 12.0 Å². The second kappa shape index (κ2) is 5.71. The molecule has 1 saturated heterocycles.